The van der Waals surface area contributed by atoms with Crippen LogP contribution < -0.4 is 10.6 Å². The molecule has 0 heterocycles. The molecule has 0 aliphatic carbocycles. The van der Waals surface area contributed by atoms with Crippen molar-refractivity contribution in [2.75, 3.05) is 11.9 Å². The molecule has 2 amide bonds. The van der Waals surface area contributed by atoms with Gasteiger partial charge in [-0.1, -0.05) is 42.5 Å². The van der Waals surface area contributed by atoms with Gasteiger partial charge in [0.2, 0.25) is 5.91 Å². The lowest BCUT2D eigenvalue weighted by Gasteiger charge is -2.17. The van der Waals surface area contributed by atoms with Crippen molar-refractivity contribution in [2.24, 2.45) is 0 Å². The molecule has 146 valence electrons. The summed E-state index contributed by atoms with van der Waals surface area (Å²) in [4.78, 5) is 46.9. The van der Waals surface area contributed by atoms with E-state index in [9.17, 15) is 19.2 Å². The molecule has 0 unspecified atom stereocenters. The molecule has 28 heavy (non-hydrogen) atoms. The predicted molar refractivity (Wildman–Crippen MR) is 104 cm³/mol. The van der Waals surface area contributed by atoms with Crippen LogP contribution in [0.4, 0.5) is 5.69 Å². The molecule has 0 aliphatic heterocycles. The minimum absolute atomic E-state index is 0.101. The second-order valence-electron chi connectivity index (χ2n) is 6.21. The van der Waals surface area contributed by atoms with Gasteiger partial charge in [0.05, 0.1) is 12.5 Å². The topological polar surface area (TPSA) is 102 Å². The van der Waals surface area contributed by atoms with Gasteiger partial charge < -0.3 is 15.4 Å². The van der Waals surface area contributed by atoms with Crippen molar-refractivity contribution < 1.29 is 23.9 Å². The normalized spacial score (nSPS) is 11.2. The van der Waals surface area contributed by atoms with Crippen molar-refractivity contribution in [1.29, 1.82) is 0 Å². The summed E-state index contributed by atoms with van der Waals surface area (Å²) in [6, 6.07) is 15.0. The maximum absolute atomic E-state index is 12.1. The van der Waals surface area contributed by atoms with Crippen molar-refractivity contribution in [3.8, 4) is 0 Å². The van der Waals surface area contributed by atoms with Gasteiger partial charge in [-0.25, -0.2) is 0 Å². The Morgan fingerprint density at radius 2 is 1.68 bits per heavy atom. The van der Waals surface area contributed by atoms with E-state index in [0.717, 1.165) is 5.56 Å². The van der Waals surface area contributed by atoms with Crippen molar-refractivity contribution in [3.05, 3.63) is 65.7 Å². The van der Waals surface area contributed by atoms with Gasteiger partial charge in [-0.15, -0.1) is 0 Å². The maximum atomic E-state index is 12.1. The van der Waals surface area contributed by atoms with Gasteiger partial charge in [0, 0.05) is 18.2 Å². The van der Waals surface area contributed by atoms with E-state index in [1.165, 1.54) is 13.8 Å². The first-order valence-corrected chi connectivity index (χ1v) is 8.73. The van der Waals surface area contributed by atoms with Crippen LogP contribution >= 0.6 is 0 Å². The highest BCUT2D eigenvalue weighted by Crippen LogP contribution is 2.17. The molecule has 0 bridgehead atoms. The molecule has 0 aromatic heterocycles. The number of rotatable bonds is 8. The number of hydrogen-bond donors (Lipinski definition) is 2. The Kier molecular flexibility index (Phi) is 7.45. The molecule has 2 aromatic carbocycles. The summed E-state index contributed by atoms with van der Waals surface area (Å²) >= 11 is 0. The quantitative estimate of drug-likeness (QED) is 0.540. The van der Waals surface area contributed by atoms with Gasteiger partial charge in [0.15, 0.2) is 12.4 Å². The summed E-state index contributed by atoms with van der Waals surface area (Å²) < 4.78 is 5.02. The van der Waals surface area contributed by atoms with E-state index in [1.54, 1.807) is 48.5 Å². The van der Waals surface area contributed by atoms with Crippen LogP contribution in [0.5, 0.6) is 0 Å². The molecular weight excluding hydrogens is 360 g/mol. The second kappa shape index (κ2) is 10.0. The first-order chi connectivity index (χ1) is 13.3. The van der Waals surface area contributed by atoms with Crippen LogP contribution in [0.3, 0.4) is 0 Å². The van der Waals surface area contributed by atoms with E-state index >= 15 is 0 Å². The van der Waals surface area contributed by atoms with Crippen LogP contribution in [0.15, 0.2) is 54.6 Å². The molecule has 0 fully saturated rings. The monoisotopic (exact) mass is 382 g/mol. The second-order valence-corrected chi connectivity index (χ2v) is 6.21. The summed E-state index contributed by atoms with van der Waals surface area (Å²) in [5, 5.41) is 5.27. The average Bonchev–Trinajstić information content (AvgIpc) is 2.66. The van der Waals surface area contributed by atoms with E-state index in [0.29, 0.717) is 11.3 Å². The number of amides is 2. The van der Waals surface area contributed by atoms with Crippen molar-refractivity contribution in [3.63, 3.8) is 0 Å². The third-order valence-electron chi connectivity index (χ3n) is 3.87. The standard InChI is InChI=1S/C21H22N2O5/c1-14(24)17-9-6-10-18(11-17)23-20(26)13-28-21(27)12-19(22-15(2)25)16-7-4-3-5-8-16/h3-11,19H,12-13H2,1-2H3,(H,22,25)(H,23,26)/t19-/m0/s1. The summed E-state index contributed by atoms with van der Waals surface area (Å²) in [7, 11) is 0. The number of nitrogens with one attached hydrogen (secondary N) is 2. The number of carbonyl (C=O) groups excluding carboxylic acids is 4. The number of anilines is 1. The van der Waals surface area contributed by atoms with Gasteiger partial charge >= 0.3 is 5.97 Å². The van der Waals surface area contributed by atoms with Crippen LogP contribution in [0.1, 0.15) is 42.2 Å². The fourth-order valence-corrected chi connectivity index (χ4v) is 2.57. The van der Waals surface area contributed by atoms with Crippen molar-refractivity contribution >= 4 is 29.3 Å². The SMILES string of the molecule is CC(=O)N[C@@H](CC(=O)OCC(=O)Nc1cccc(C(C)=O)c1)c1ccccc1. The van der Waals surface area contributed by atoms with Gasteiger partial charge in [-0.2, -0.15) is 0 Å². The number of ether oxygens (including phenoxy) is 1. The summed E-state index contributed by atoms with van der Waals surface area (Å²) in [5.41, 5.74) is 1.67. The van der Waals surface area contributed by atoms with E-state index in [-0.39, 0.29) is 18.1 Å². The Labute approximate surface area is 163 Å². The number of Topliss-reactive ketones (excluding diaryl/α,β-unsaturated/α-hetero) is 1. The highest BCUT2D eigenvalue weighted by Gasteiger charge is 2.18. The zero-order valence-corrected chi connectivity index (χ0v) is 15.7. The lowest BCUT2D eigenvalue weighted by molar-refractivity contribution is -0.148. The molecule has 1 atom stereocenters. The number of carbonyl (C=O) groups is 4. The van der Waals surface area contributed by atoms with Crippen LogP contribution in [0, 0.1) is 0 Å². The molecule has 0 aliphatic rings. The molecule has 0 saturated carbocycles. The average molecular weight is 382 g/mol. The van der Waals surface area contributed by atoms with Gasteiger partial charge in [0.25, 0.3) is 5.91 Å². The van der Waals surface area contributed by atoms with Crippen molar-refractivity contribution in [1.82, 2.24) is 5.32 Å². The Hall–Kier alpha value is -3.48. The Bertz CT molecular complexity index is 864. The largest absolute Gasteiger partial charge is 0.455 e. The van der Waals surface area contributed by atoms with Crippen LogP contribution in [0.25, 0.3) is 0 Å². The third kappa shape index (κ3) is 6.68. The maximum Gasteiger partial charge on any atom is 0.308 e. The number of benzene rings is 2. The van der Waals surface area contributed by atoms with E-state index in [2.05, 4.69) is 10.6 Å². The molecule has 2 N–H and O–H groups in total. The highest BCUT2D eigenvalue weighted by molar-refractivity contribution is 5.97. The number of ketones is 1. The Morgan fingerprint density at radius 1 is 0.964 bits per heavy atom. The summed E-state index contributed by atoms with van der Waals surface area (Å²) in [5.74, 6) is -1.53. The van der Waals surface area contributed by atoms with Crippen molar-refractivity contribution in [2.45, 2.75) is 26.3 Å². The molecule has 0 spiro atoms. The lowest BCUT2D eigenvalue weighted by Crippen LogP contribution is -2.29. The summed E-state index contributed by atoms with van der Waals surface area (Å²) in [6.07, 6.45) is -0.101. The molecule has 0 saturated heterocycles. The smallest absolute Gasteiger partial charge is 0.308 e. The van der Waals surface area contributed by atoms with E-state index < -0.39 is 24.5 Å². The minimum Gasteiger partial charge on any atom is -0.455 e. The molecule has 7 heteroatoms. The fourth-order valence-electron chi connectivity index (χ4n) is 2.57. The van der Waals surface area contributed by atoms with E-state index in [1.807, 2.05) is 6.07 Å². The highest BCUT2D eigenvalue weighted by atomic mass is 16.5. The zero-order chi connectivity index (χ0) is 20.5. The minimum atomic E-state index is -0.616. The Balaban J connectivity index is 1.89. The van der Waals surface area contributed by atoms with Crippen LogP contribution in [-0.2, 0) is 19.1 Å². The Morgan fingerprint density at radius 3 is 2.32 bits per heavy atom. The first-order valence-electron chi connectivity index (χ1n) is 8.73. The van der Waals surface area contributed by atoms with E-state index in [4.69, 9.17) is 4.74 Å². The number of hydrogen-bond acceptors (Lipinski definition) is 5. The van der Waals surface area contributed by atoms with Crippen LogP contribution in [0.2, 0.25) is 0 Å². The molecule has 2 aromatic rings. The zero-order valence-electron chi connectivity index (χ0n) is 15.7. The fraction of sp³-hybridized carbons (Fsp3) is 0.238. The first kappa shape index (κ1) is 20.8. The van der Waals surface area contributed by atoms with Gasteiger partial charge in [-0.05, 0) is 24.6 Å². The van der Waals surface area contributed by atoms with Gasteiger partial charge in [0.1, 0.15) is 0 Å². The van der Waals surface area contributed by atoms with Crippen LogP contribution in [-0.4, -0.2) is 30.2 Å². The molecule has 7 nitrogen and oxygen atoms in total. The molecular formula is C21H22N2O5. The number of esters is 1. The predicted octanol–water partition coefficient (Wildman–Crippen LogP) is 2.64. The summed E-state index contributed by atoms with van der Waals surface area (Å²) in [6.45, 7) is 2.33. The third-order valence-corrected chi connectivity index (χ3v) is 3.87. The molecule has 2 rings (SSSR count). The van der Waals surface area contributed by atoms with Gasteiger partial charge in [-0.3, -0.25) is 19.2 Å². The lowest BCUT2D eigenvalue weighted by atomic mass is 10.0. The molecule has 0 radical (unpaired) electrons.